The highest BCUT2D eigenvalue weighted by atomic mass is 35.5. The molecule has 2 saturated heterocycles. The molecule has 5 nitrogen and oxygen atoms in total. The van der Waals surface area contributed by atoms with Crippen LogP contribution in [0.2, 0.25) is 18.1 Å². The van der Waals surface area contributed by atoms with Crippen LogP contribution in [-0.4, -0.2) is 59.0 Å². The molecule has 1 aromatic rings. The van der Waals surface area contributed by atoms with Crippen LogP contribution in [0.1, 0.15) is 40.2 Å². The number of benzene rings is 1. The van der Waals surface area contributed by atoms with Crippen molar-refractivity contribution < 1.29 is 14.0 Å². The van der Waals surface area contributed by atoms with Gasteiger partial charge in [0.15, 0.2) is 14.4 Å². The number of β-lactam (4-membered cyclic amide) rings is 1. The predicted molar refractivity (Wildman–Crippen MR) is 128 cm³/mol. The standard InChI is InChI=1S/C23H34Cl2N2O3Si/c1-15(2)18-17(14-30-31(6,7)22(3,4)5)26(13-16-11-9-8-10-12-16)20(28)19-23(24,25)21(29)27(18)19/h8-12,15,17-19H,13-14H2,1-7H3/t17-,18-,19+/m1/s1. The molecule has 0 unspecified atom stereocenters. The third-order valence-electron chi connectivity index (χ3n) is 7.07. The average molecular weight is 486 g/mol. The zero-order chi connectivity index (χ0) is 23.4. The Morgan fingerprint density at radius 2 is 1.71 bits per heavy atom. The van der Waals surface area contributed by atoms with Crippen molar-refractivity contribution in [1.29, 1.82) is 0 Å². The second-order valence-electron chi connectivity index (χ2n) is 10.6. The third kappa shape index (κ3) is 4.29. The Hall–Kier alpha value is -1.08. The molecule has 31 heavy (non-hydrogen) atoms. The van der Waals surface area contributed by atoms with Crippen molar-refractivity contribution in [3.05, 3.63) is 35.9 Å². The number of halogens is 2. The molecule has 0 N–H and O–H groups in total. The number of carbonyl (C=O) groups is 2. The van der Waals surface area contributed by atoms with E-state index in [2.05, 4.69) is 47.7 Å². The van der Waals surface area contributed by atoms with E-state index in [-0.39, 0.29) is 34.9 Å². The van der Waals surface area contributed by atoms with Crippen LogP contribution in [0.4, 0.5) is 0 Å². The Bertz CT molecular complexity index is 839. The summed E-state index contributed by atoms with van der Waals surface area (Å²) in [4.78, 5) is 29.8. The number of carbonyl (C=O) groups excluding carboxylic acids is 2. The summed E-state index contributed by atoms with van der Waals surface area (Å²) in [5.74, 6) is -0.492. The highest BCUT2D eigenvalue weighted by Crippen LogP contribution is 2.48. The summed E-state index contributed by atoms with van der Waals surface area (Å²) in [5.41, 5.74) is 1.02. The molecular formula is C23H34Cl2N2O3Si. The number of hydrogen-bond acceptors (Lipinski definition) is 3. The molecule has 2 aliphatic rings. The first-order valence-corrected chi connectivity index (χ1v) is 14.6. The van der Waals surface area contributed by atoms with E-state index in [4.69, 9.17) is 27.6 Å². The molecule has 1 aromatic carbocycles. The van der Waals surface area contributed by atoms with Crippen molar-refractivity contribution in [3.63, 3.8) is 0 Å². The minimum absolute atomic E-state index is 0.0415. The average Bonchev–Trinajstić information content (AvgIpc) is 2.67. The van der Waals surface area contributed by atoms with Gasteiger partial charge in [0, 0.05) is 6.54 Å². The number of nitrogens with zero attached hydrogens (tertiary/aromatic N) is 2. The van der Waals surface area contributed by atoms with Crippen molar-refractivity contribution in [2.24, 2.45) is 5.92 Å². The zero-order valence-electron chi connectivity index (χ0n) is 19.5. The van der Waals surface area contributed by atoms with Gasteiger partial charge in [-0.15, -0.1) is 0 Å². The van der Waals surface area contributed by atoms with Crippen LogP contribution in [0, 0.1) is 5.92 Å². The molecule has 8 heteroatoms. The summed E-state index contributed by atoms with van der Waals surface area (Å²) >= 11 is 12.6. The second-order valence-corrected chi connectivity index (χ2v) is 16.8. The van der Waals surface area contributed by atoms with Crippen molar-refractivity contribution in [2.75, 3.05) is 6.61 Å². The van der Waals surface area contributed by atoms with Gasteiger partial charge in [0.25, 0.3) is 5.91 Å². The summed E-state index contributed by atoms with van der Waals surface area (Å²) in [6, 6.07) is 8.51. The van der Waals surface area contributed by atoms with Crippen LogP contribution in [0.3, 0.4) is 0 Å². The van der Waals surface area contributed by atoms with Crippen LogP contribution in [0.25, 0.3) is 0 Å². The lowest BCUT2D eigenvalue weighted by molar-refractivity contribution is -0.182. The SMILES string of the molecule is CC(C)[C@@H]1[C@@H](CO[Si](C)(C)C(C)(C)C)N(Cc2ccccc2)C(=O)[C@@H]2N1C(=O)C2(Cl)Cl. The van der Waals surface area contributed by atoms with Gasteiger partial charge in [-0.1, -0.05) is 88.2 Å². The fourth-order valence-corrected chi connectivity index (χ4v) is 5.84. The smallest absolute Gasteiger partial charge is 0.262 e. The summed E-state index contributed by atoms with van der Waals surface area (Å²) in [5, 5.41) is 0.0415. The van der Waals surface area contributed by atoms with Crippen LogP contribution in [0.5, 0.6) is 0 Å². The molecule has 0 bridgehead atoms. The monoisotopic (exact) mass is 484 g/mol. The molecule has 0 aromatic heterocycles. The first-order chi connectivity index (χ1) is 14.2. The molecule has 0 aliphatic carbocycles. The number of alkyl halides is 2. The molecule has 2 amide bonds. The number of fused-ring (bicyclic) bond motifs is 1. The first kappa shape index (κ1) is 24.6. The van der Waals surface area contributed by atoms with E-state index < -0.39 is 18.7 Å². The van der Waals surface area contributed by atoms with Gasteiger partial charge in [-0.05, 0) is 29.6 Å². The fraction of sp³-hybridized carbons (Fsp3) is 0.652. The van der Waals surface area contributed by atoms with E-state index in [9.17, 15) is 9.59 Å². The van der Waals surface area contributed by atoms with Gasteiger partial charge in [0.2, 0.25) is 10.2 Å². The molecular weight excluding hydrogens is 451 g/mol. The highest BCUT2D eigenvalue weighted by molar-refractivity contribution is 6.74. The summed E-state index contributed by atoms with van der Waals surface area (Å²) in [6.07, 6.45) is 0. The molecule has 3 atom stereocenters. The minimum atomic E-state index is -2.06. The summed E-state index contributed by atoms with van der Waals surface area (Å²) in [7, 11) is -2.06. The predicted octanol–water partition coefficient (Wildman–Crippen LogP) is 4.83. The molecule has 172 valence electrons. The quantitative estimate of drug-likeness (QED) is 0.330. The third-order valence-corrected chi connectivity index (χ3v) is 12.3. The number of amides is 2. The van der Waals surface area contributed by atoms with Gasteiger partial charge in [0.05, 0.1) is 18.7 Å². The zero-order valence-corrected chi connectivity index (χ0v) is 22.0. The van der Waals surface area contributed by atoms with Gasteiger partial charge in [-0.25, -0.2) is 0 Å². The van der Waals surface area contributed by atoms with Crippen molar-refractivity contribution >= 4 is 43.3 Å². The number of rotatable bonds is 6. The van der Waals surface area contributed by atoms with E-state index in [0.29, 0.717) is 13.2 Å². The molecule has 2 fully saturated rings. The normalized spacial score (nSPS) is 26.2. The van der Waals surface area contributed by atoms with E-state index in [1.54, 1.807) is 4.90 Å². The maximum atomic E-state index is 13.6. The van der Waals surface area contributed by atoms with Gasteiger partial charge in [-0.2, -0.15) is 0 Å². The molecule has 0 spiro atoms. The Morgan fingerprint density at radius 1 is 1.13 bits per heavy atom. The first-order valence-electron chi connectivity index (χ1n) is 10.9. The van der Waals surface area contributed by atoms with Crippen molar-refractivity contribution in [2.45, 2.75) is 81.8 Å². The summed E-state index contributed by atoms with van der Waals surface area (Å²) < 4.78 is 4.86. The fourth-order valence-electron chi connectivity index (χ4n) is 4.23. The molecule has 0 radical (unpaired) electrons. The Kier molecular flexibility index (Phi) is 6.62. The lowest BCUT2D eigenvalue weighted by Crippen LogP contribution is -2.83. The van der Waals surface area contributed by atoms with E-state index in [1.165, 1.54) is 0 Å². The van der Waals surface area contributed by atoms with E-state index in [1.807, 2.05) is 35.2 Å². The Balaban J connectivity index is 1.99. The van der Waals surface area contributed by atoms with Crippen molar-refractivity contribution in [3.8, 4) is 0 Å². The maximum Gasteiger partial charge on any atom is 0.262 e. The molecule has 0 saturated carbocycles. The van der Waals surface area contributed by atoms with Crippen LogP contribution in [0.15, 0.2) is 30.3 Å². The van der Waals surface area contributed by atoms with Gasteiger partial charge >= 0.3 is 0 Å². The van der Waals surface area contributed by atoms with Crippen LogP contribution >= 0.6 is 23.2 Å². The van der Waals surface area contributed by atoms with Gasteiger partial charge < -0.3 is 14.2 Å². The van der Waals surface area contributed by atoms with Crippen LogP contribution < -0.4 is 0 Å². The van der Waals surface area contributed by atoms with Crippen molar-refractivity contribution in [1.82, 2.24) is 9.80 Å². The van der Waals surface area contributed by atoms with E-state index >= 15 is 0 Å². The Morgan fingerprint density at radius 3 is 2.23 bits per heavy atom. The van der Waals surface area contributed by atoms with Crippen LogP contribution in [-0.2, 0) is 20.6 Å². The van der Waals surface area contributed by atoms with E-state index in [0.717, 1.165) is 5.56 Å². The summed E-state index contributed by atoms with van der Waals surface area (Å²) in [6.45, 7) is 15.9. The topological polar surface area (TPSA) is 49.9 Å². The lowest BCUT2D eigenvalue weighted by atomic mass is 9.82. The van der Waals surface area contributed by atoms with Gasteiger partial charge in [-0.3, -0.25) is 9.59 Å². The molecule has 3 rings (SSSR count). The molecule has 2 heterocycles. The minimum Gasteiger partial charge on any atom is -0.415 e. The largest absolute Gasteiger partial charge is 0.415 e. The highest BCUT2D eigenvalue weighted by Gasteiger charge is 2.69. The Labute approximate surface area is 197 Å². The lowest BCUT2D eigenvalue weighted by Gasteiger charge is -2.61. The number of piperazine rings is 1. The molecule has 2 aliphatic heterocycles. The number of hydrogen-bond donors (Lipinski definition) is 0. The van der Waals surface area contributed by atoms with Gasteiger partial charge in [0.1, 0.15) is 0 Å². The maximum absolute atomic E-state index is 13.6. The second kappa shape index (κ2) is 8.36.